The molecule has 0 aromatic heterocycles. The minimum atomic E-state index is 0.549. The van der Waals surface area contributed by atoms with E-state index in [1.165, 1.54) is 12.8 Å². The van der Waals surface area contributed by atoms with Gasteiger partial charge in [0.15, 0.2) is 0 Å². The van der Waals surface area contributed by atoms with Crippen molar-refractivity contribution in [2.45, 2.75) is 19.8 Å². The summed E-state index contributed by atoms with van der Waals surface area (Å²) in [4.78, 5) is 0. The van der Waals surface area contributed by atoms with Crippen molar-refractivity contribution in [3.63, 3.8) is 0 Å². The summed E-state index contributed by atoms with van der Waals surface area (Å²) >= 11 is 0.549. The molecule has 0 aromatic rings. The summed E-state index contributed by atoms with van der Waals surface area (Å²) in [5, 5.41) is 0. The summed E-state index contributed by atoms with van der Waals surface area (Å²) in [5.41, 5.74) is 0. The van der Waals surface area contributed by atoms with Crippen LogP contribution in [0, 0.1) is 5.92 Å². The first kappa shape index (κ1) is 5.73. The Kier molecular flexibility index (Phi) is 2.29. The van der Waals surface area contributed by atoms with Gasteiger partial charge in [0.1, 0.15) is 0 Å². The Balaban J connectivity index is 2.36. The van der Waals surface area contributed by atoms with E-state index in [2.05, 4.69) is 10.9 Å². The summed E-state index contributed by atoms with van der Waals surface area (Å²) in [6.45, 7) is 2.33. The van der Waals surface area contributed by atoms with Gasteiger partial charge in [-0.2, -0.15) is 0 Å². The average Bonchev–Trinajstić information content (AvgIpc) is 1.69. The highest BCUT2D eigenvalue weighted by atomic mass is 127. The van der Waals surface area contributed by atoms with E-state index in [9.17, 15) is 0 Å². The predicted molar refractivity (Wildman–Crippen MR) is 43.3 cm³/mol. The first-order valence-electron chi connectivity index (χ1n) is 2.80. The van der Waals surface area contributed by atoms with Gasteiger partial charge in [0.25, 0.3) is 0 Å². The summed E-state index contributed by atoms with van der Waals surface area (Å²) in [6.07, 6.45) is 2.96. The van der Waals surface area contributed by atoms with Crippen LogP contribution >= 0.6 is 20.7 Å². The fraction of sp³-hybridized carbons (Fsp3) is 0.833. The first-order valence-corrected chi connectivity index (χ1v) is 5.58. The molecule has 0 amide bonds. The molecule has 1 aliphatic rings. The molecule has 0 saturated carbocycles. The molecular weight excluding hydrogens is 199 g/mol. The smallest absolute Gasteiger partial charge is 0.00549 e. The second-order valence-corrected chi connectivity index (χ2v) is 4.77. The highest BCUT2D eigenvalue weighted by molar-refractivity contribution is 14.2. The molecule has 1 heterocycles. The van der Waals surface area contributed by atoms with Crippen LogP contribution in [0.15, 0.2) is 0 Å². The molecule has 0 N–H and O–H groups in total. The lowest BCUT2D eigenvalue weighted by molar-refractivity contribution is 0.689. The van der Waals surface area contributed by atoms with Crippen LogP contribution < -0.4 is 0 Å². The highest BCUT2D eigenvalue weighted by Gasteiger charge is 1.99. The molecule has 0 aromatic carbocycles. The van der Waals surface area contributed by atoms with Gasteiger partial charge < -0.3 is 0 Å². The maximum Gasteiger partial charge on any atom is -0.00549 e. The number of rotatable bonds is 0. The summed E-state index contributed by atoms with van der Waals surface area (Å²) in [5.74, 6) is 0.960. The van der Waals surface area contributed by atoms with Crippen molar-refractivity contribution in [2.75, 3.05) is 4.43 Å². The topological polar surface area (TPSA) is 0 Å². The lowest BCUT2D eigenvalue weighted by Crippen LogP contribution is -1.98. The molecule has 0 saturated heterocycles. The van der Waals surface area contributed by atoms with Crippen molar-refractivity contribution in [3.8, 4) is 0 Å². The van der Waals surface area contributed by atoms with Crippen LogP contribution in [0.25, 0.3) is 0 Å². The van der Waals surface area contributed by atoms with E-state index in [0.717, 1.165) is 5.92 Å². The van der Waals surface area contributed by atoms with Crippen LogP contribution in [0.5, 0.6) is 0 Å². The zero-order valence-electron chi connectivity index (χ0n) is 4.65. The molecule has 0 spiro atoms. The fourth-order valence-electron chi connectivity index (χ4n) is 0.754. The Labute approximate surface area is 55.1 Å². The molecule has 0 aliphatic carbocycles. The van der Waals surface area contributed by atoms with Crippen molar-refractivity contribution < 1.29 is 0 Å². The van der Waals surface area contributed by atoms with Crippen molar-refractivity contribution in [1.82, 2.24) is 0 Å². The minimum absolute atomic E-state index is 0.549. The van der Waals surface area contributed by atoms with E-state index >= 15 is 0 Å². The average molecular weight is 210 g/mol. The van der Waals surface area contributed by atoms with Crippen molar-refractivity contribution in [1.29, 1.82) is 0 Å². The lowest BCUT2D eigenvalue weighted by Gasteiger charge is -2.07. The van der Waals surface area contributed by atoms with Crippen molar-refractivity contribution >= 4 is 24.7 Å². The first-order chi connectivity index (χ1) is 3.39. The Morgan fingerprint density at radius 2 is 2.57 bits per heavy atom. The van der Waals surface area contributed by atoms with Gasteiger partial charge in [0.05, 0.1) is 0 Å². The third-order valence-corrected chi connectivity index (χ3v) is 4.33. The maximum atomic E-state index is 2.54. The Morgan fingerprint density at radius 3 is 2.86 bits per heavy atom. The Hall–Kier alpha value is 0.600. The maximum absolute atomic E-state index is 2.54. The van der Waals surface area contributed by atoms with Gasteiger partial charge in [-0.15, -0.1) is 20.7 Å². The number of hydrogen-bond donors (Lipinski definition) is 0. The molecule has 1 heteroatoms. The zero-order chi connectivity index (χ0) is 5.11. The highest BCUT2D eigenvalue weighted by Crippen LogP contribution is 2.15. The van der Waals surface area contributed by atoms with Crippen molar-refractivity contribution in [2.24, 2.45) is 5.92 Å². The monoisotopic (exact) mass is 210 g/mol. The van der Waals surface area contributed by atoms with Gasteiger partial charge in [0, 0.05) is 0 Å². The van der Waals surface area contributed by atoms with Crippen molar-refractivity contribution in [3.05, 3.63) is 0 Å². The lowest BCUT2D eigenvalue weighted by atomic mass is 10.1. The SMILES string of the molecule is C[C@@H]1C=ICCC1. The largest absolute Gasteiger partial charge is 0.127 e. The van der Waals surface area contributed by atoms with Gasteiger partial charge in [0.2, 0.25) is 0 Å². The van der Waals surface area contributed by atoms with Crippen LogP contribution in [0.4, 0.5) is 0 Å². The van der Waals surface area contributed by atoms with Gasteiger partial charge in [-0.05, 0) is 23.2 Å². The normalized spacial score (nSPS) is 31.9. The molecule has 1 atom stereocenters. The second kappa shape index (κ2) is 2.80. The molecule has 1 rings (SSSR count). The Bertz CT molecular complexity index is 76.2. The summed E-state index contributed by atoms with van der Waals surface area (Å²) in [7, 11) is 0. The van der Waals surface area contributed by atoms with Crippen LogP contribution in [0.3, 0.4) is 0 Å². The van der Waals surface area contributed by atoms with Gasteiger partial charge in [-0.1, -0.05) is 10.9 Å². The molecule has 1 aliphatic heterocycles. The van der Waals surface area contributed by atoms with Gasteiger partial charge in [-0.3, -0.25) is 0 Å². The molecule has 7 heavy (non-hydrogen) atoms. The fourth-order valence-corrected chi connectivity index (χ4v) is 3.22. The standard InChI is InChI=1S/C6H11I/c1-6-3-2-4-7-5-6/h5-6H,2-4H2,1H3/t6-/m0/s1. The van der Waals surface area contributed by atoms with Gasteiger partial charge >= 0.3 is 0 Å². The minimum Gasteiger partial charge on any atom is -0.127 e. The molecule has 42 valence electrons. The van der Waals surface area contributed by atoms with Crippen LogP contribution in [0.1, 0.15) is 19.8 Å². The predicted octanol–water partition coefficient (Wildman–Crippen LogP) is 2.19. The van der Waals surface area contributed by atoms with E-state index in [-0.39, 0.29) is 0 Å². The zero-order valence-corrected chi connectivity index (χ0v) is 6.81. The quantitative estimate of drug-likeness (QED) is 0.424. The molecule has 0 nitrogen and oxygen atoms in total. The van der Waals surface area contributed by atoms with Crippen LogP contribution in [-0.4, -0.2) is 8.44 Å². The molecule has 0 unspecified atom stereocenters. The van der Waals surface area contributed by atoms with E-state index in [1.54, 1.807) is 4.43 Å². The van der Waals surface area contributed by atoms with E-state index in [4.69, 9.17) is 0 Å². The Morgan fingerprint density at radius 1 is 1.71 bits per heavy atom. The third kappa shape index (κ3) is 1.89. The van der Waals surface area contributed by atoms with Gasteiger partial charge in [-0.25, -0.2) is 0 Å². The number of halogens is 1. The van der Waals surface area contributed by atoms with E-state index in [0.29, 0.717) is 20.7 Å². The van der Waals surface area contributed by atoms with Crippen LogP contribution in [0.2, 0.25) is 0 Å². The number of alkyl halides is 1. The molecule has 0 bridgehead atoms. The number of hydrogen-bond acceptors (Lipinski definition) is 0. The molecule has 0 radical (unpaired) electrons. The van der Waals surface area contributed by atoms with Crippen LogP contribution in [-0.2, 0) is 0 Å². The molecular formula is C6H11I. The third-order valence-electron chi connectivity index (χ3n) is 1.21. The summed E-state index contributed by atoms with van der Waals surface area (Å²) in [6, 6.07) is 0. The molecule has 0 fully saturated rings. The summed E-state index contributed by atoms with van der Waals surface area (Å²) < 4.78 is 4.09. The second-order valence-electron chi connectivity index (χ2n) is 2.09. The van der Waals surface area contributed by atoms with E-state index in [1.807, 2.05) is 0 Å². The van der Waals surface area contributed by atoms with E-state index < -0.39 is 0 Å².